The third-order valence-electron chi connectivity index (χ3n) is 5.07. The van der Waals surface area contributed by atoms with Crippen LogP contribution in [0.5, 0.6) is 5.88 Å². The lowest BCUT2D eigenvalue weighted by atomic mass is 9.99. The van der Waals surface area contributed by atoms with Crippen molar-refractivity contribution in [1.82, 2.24) is 10.3 Å². The first-order valence-corrected chi connectivity index (χ1v) is 9.67. The summed E-state index contributed by atoms with van der Waals surface area (Å²) in [6.45, 7) is 5.90. The third-order valence-corrected chi connectivity index (χ3v) is 5.07. The maximum atomic E-state index is 8.47. The molecule has 0 spiro atoms. The Labute approximate surface area is 161 Å². The minimum atomic E-state index is 0.264. The van der Waals surface area contributed by atoms with Gasteiger partial charge in [-0.25, -0.2) is 4.98 Å². The number of ether oxygens (including phenoxy) is 3. The predicted octanol–water partition coefficient (Wildman–Crippen LogP) is 2.87. The Balaban J connectivity index is 1.70. The lowest BCUT2D eigenvalue weighted by molar-refractivity contribution is 0.145. The average Bonchev–Trinajstić information content (AvgIpc) is 2.92. The van der Waals surface area contributed by atoms with Crippen LogP contribution in [0.1, 0.15) is 31.2 Å². The van der Waals surface area contributed by atoms with Gasteiger partial charge in [-0.15, -0.1) is 0 Å². The van der Waals surface area contributed by atoms with E-state index in [9.17, 15) is 0 Å². The molecule has 0 saturated carbocycles. The lowest BCUT2D eigenvalue weighted by Gasteiger charge is -2.23. The largest absolute Gasteiger partial charge is 0.481 e. The quantitative estimate of drug-likeness (QED) is 0.524. The van der Waals surface area contributed by atoms with Crippen LogP contribution in [0, 0.1) is 18.3 Å². The Kier molecular flexibility index (Phi) is 7.06. The van der Waals surface area contributed by atoms with Gasteiger partial charge in [0.15, 0.2) is 0 Å². The van der Waals surface area contributed by atoms with E-state index < -0.39 is 0 Å². The van der Waals surface area contributed by atoms with E-state index >= 15 is 0 Å². The molecule has 0 unspecified atom stereocenters. The second-order valence-corrected chi connectivity index (χ2v) is 7.08. The zero-order valence-corrected chi connectivity index (χ0v) is 16.3. The van der Waals surface area contributed by atoms with Crippen LogP contribution in [-0.4, -0.2) is 50.9 Å². The van der Waals surface area contributed by atoms with E-state index in [-0.39, 0.29) is 5.90 Å². The molecule has 1 aromatic rings. The SMILES string of the molecule is COc1ncc(NC2=C(C(=N)OCC3CCNCC3)CCOCC2)cc1C. The van der Waals surface area contributed by atoms with Gasteiger partial charge in [0.05, 0.1) is 38.8 Å². The molecule has 7 nitrogen and oxygen atoms in total. The summed E-state index contributed by atoms with van der Waals surface area (Å²) in [6, 6.07) is 2.00. The Hall–Kier alpha value is -2.12. The summed E-state index contributed by atoms with van der Waals surface area (Å²) in [4.78, 5) is 4.32. The Bertz CT molecular complexity index is 684. The molecule has 7 heteroatoms. The van der Waals surface area contributed by atoms with Crippen molar-refractivity contribution in [3.63, 3.8) is 0 Å². The fourth-order valence-electron chi connectivity index (χ4n) is 3.50. The Morgan fingerprint density at radius 2 is 2.11 bits per heavy atom. The summed E-state index contributed by atoms with van der Waals surface area (Å²) < 4.78 is 16.7. The molecule has 1 aromatic heterocycles. The predicted molar refractivity (Wildman–Crippen MR) is 106 cm³/mol. The van der Waals surface area contributed by atoms with Crippen LogP contribution in [0.15, 0.2) is 23.5 Å². The van der Waals surface area contributed by atoms with Crippen molar-refractivity contribution in [2.45, 2.75) is 32.6 Å². The van der Waals surface area contributed by atoms with Gasteiger partial charge in [-0.3, -0.25) is 5.41 Å². The maximum Gasteiger partial charge on any atom is 0.216 e. The smallest absolute Gasteiger partial charge is 0.216 e. The van der Waals surface area contributed by atoms with E-state index in [4.69, 9.17) is 19.6 Å². The first-order valence-electron chi connectivity index (χ1n) is 9.67. The van der Waals surface area contributed by atoms with Crippen LogP contribution in [0.25, 0.3) is 0 Å². The van der Waals surface area contributed by atoms with Crippen molar-refractivity contribution in [1.29, 1.82) is 5.41 Å². The number of hydrogen-bond donors (Lipinski definition) is 3. The number of nitrogens with one attached hydrogen (secondary N) is 3. The molecule has 3 heterocycles. The summed E-state index contributed by atoms with van der Waals surface area (Å²) in [7, 11) is 1.62. The van der Waals surface area contributed by atoms with E-state index in [1.807, 2.05) is 13.0 Å². The molecule has 0 radical (unpaired) electrons. The number of aryl methyl sites for hydroxylation is 1. The zero-order chi connectivity index (χ0) is 19.1. The maximum absolute atomic E-state index is 8.47. The molecule has 2 aliphatic rings. The van der Waals surface area contributed by atoms with Crippen LogP contribution in [0.3, 0.4) is 0 Å². The highest BCUT2D eigenvalue weighted by molar-refractivity contribution is 5.92. The second kappa shape index (κ2) is 9.71. The summed E-state index contributed by atoms with van der Waals surface area (Å²) in [6.07, 6.45) is 5.37. The molecule has 0 aromatic carbocycles. The molecule has 0 atom stereocenters. The van der Waals surface area contributed by atoms with E-state index in [1.165, 1.54) is 0 Å². The molecule has 1 fully saturated rings. The molecule has 0 bridgehead atoms. The van der Waals surface area contributed by atoms with E-state index in [1.54, 1.807) is 13.3 Å². The van der Waals surface area contributed by atoms with Gasteiger partial charge in [-0.1, -0.05) is 0 Å². The molecule has 2 aliphatic heterocycles. The van der Waals surface area contributed by atoms with Crippen molar-refractivity contribution in [3.05, 3.63) is 29.1 Å². The number of pyridine rings is 1. The van der Waals surface area contributed by atoms with Crippen molar-refractivity contribution in [2.75, 3.05) is 45.3 Å². The molecular formula is C20H30N4O3. The summed E-state index contributed by atoms with van der Waals surface area (Å²) >= 11 is 0. The normalized spacial score (nSPS) is 18.7. The molecule has 148 valence electrons. The fraction of sp³-hybridized carbons (Fsp3) is 0.600. The molecular weight excluding hydrogens is 344 g/mol. The molecule has 3 N–H and O–H groups in total. The Morgan fingerprint density at radius 1 is 1.33 bits per heavy atom. The van der Waals surface area contributed by atoms with Crippen LogP contribution >= 0.6 is 0 Å². The number of nitrogens with zero attached hydrogens (tertiary/aromatic N) is 1. The van der Waals surface area contributed by atoms with Gasteiger partial charge in [-0.2, -0.15) is 0 Å². The number of rotatable bonds is 6. The van der Waals surface area contributed by atoms with Crippen molar-refractivity contribution >= 4 is 11.6 Å². The van der Waals surface area contributed by atoms with Gasteiger partial charge in [-0.05, 0) is 44.8 Å². The second-order valence-electron chi connectivity index (χ2n) is 7.08. The number of aromatic nitrogens is 1. The van der Waals surface area contributed by atoms with Crippen molar-refractivity contribution < 1.29 is 14.2 Å². The van der Waals surface area contributed by atoms with E-state index in [2.05, 4.69) is 15.6 Å². The highest BCUT2D eigenvalue weighted by Crippen LogP contribution is 2.24. The van der Waals surface area contributed by atoms with Gasteiger partial charge in [0, 0.05) is 29.7 Å². The number of piperidine rings is 1. The number of anilines is 1. The molecule has 3 rings (SSSR count). The van der Waals surface area contributed by atoms with Gasteiger partial charge >= 0.3 is 0 Å². The first-order chi connectivity index (χ1) is 13.2. The lowest BCUT2D eigenvalue weighted by Crippen LogP contribution is -2.30. The minimum Gasteiger partial charge on any atom is -0.481 e. The third kappa shape index (κ3) is 5.43. The van der Waals surface area contributed by atoms with Gasteiger partial charge < -0.3 is 24.8 Å². The van der Waals surface area contributed by atoms with Gasteiger partial charge in [0.1, 0.15) is 0 Å². The highest BCUT2D eigenvalue weighted by atomic mass is 16.5. The van der Waals surface area contributed by atoms with E-state index in [0.717, 1.165) is 54.9 Å². The molecule has 27 heavy (non-hydrogen) atoms. The minimum absolute atomic E-state index is 0.264. The topological polar surface area (TPSA) is 88.5 Å². The monoisotopic (exact) mass is 374 g/mol. The number of hydrogen-bond acceptors (Lipinski definition) is 7. The standard InChI is InChI=1S/C20H30N4O3/c1-14-11-16(12-23-20(14)25-2)24-18-6-10-26-9-5-17(18)19(21)27-13-15-3-7-22-8-4-15/h11-12,15,21-22,24H,3-10,13H2,1-2H3. The molecule has 1 saturated heterocycles. The van der Waals surface area contributed by atoms with Crippen molar-refractivity contribution in [2.24, 2.45) is 5.92 Å². The number of methoxy groups -OCH3 is 1. The summed E-state index contributed by atoms with van der Waals surface area (Å²) in [5, 5.41) is 15.3. The molecule has 0 amide bonds. The van der Waals surface area contributed by atoms with Crippen molar-refractivity contribution in [3.8, 4) is 5.88 Å². The average molecular weight is 374 g/mol. The van der Waals surface area contributed by atoms with Crippen LogP contribution < -0.4 is 15.4 Å². The van der Waals surface area contributed by atoms with E-state index in [0.29, 0.717) is 38.0 Å². The fourth-order valence-corrected chi connectivity index (χ4v) is 3.50. The van der Waals surface area contributed by atoms with Crippen LogP contribution in [0.2, 0.25) is 0 Å². The van der Waals surface area contributed by atoms with Crippen LogP contribution in [-0.2, 0) is 9.47 Å². The van der Waals surface area contributed by atoms with Gasteiger partial charge in [0.2, 0.25) is 11.8 Å². The summed E-state index contributed by atoms with van der Waals surface area (Å²) in [5.41, 5.74) is 3.73. The summed E-state index contributed by atoms with van der Waals surface area (Å²) in [5.74, 6) is 1.41. The first kappa shape index (κ1) is 19.6. The van der Waals surface area contributed by atoms with Gasteiger partial charge in [0.25, 0.3) is 0 Å². The Morgan fingerprint density at radius 3 is 2.85 bits per heavy atom. The molecule has 0 aliphatic carbocycles. The highest BCUT2D eigenvalue weighted by Gasteiger charge is 2.20. The zero-order valence-electron chi connectivity index (χ0n) is 16.3. The van der Waals surface area contributed by atoms with Crippen LogP contribution in [0.4, 0.5) is 5.69 Å².